The van der Waals surface area contributed by atoms with Crippen molar-refractivity contribution in [1.82, 2.24) is 10.2 Å². The number of nitrogens with one attached hydrogen (secondary N) is 1. The third-order valence-electron chi connectivity index (χ3n) is 4.97. The quantitative estimate of drug-likeness (QED) is 0.911. The maximum Gasteiger partial charge on any atom is 0.127 e. The number of hydrogen-bond acceptors (Lipinski definition) is 2. The van der Waals surface area contributed by atoms with E-state index in [0.717, 1.165) is 25.9 Å². The lowest BCUT2D eigenvalue weighted by Crippen LogP contribution is -2.67. The summed E-state index contributed by atoms with van der Waals surface area (Å²) in [6.45, 7) is 10.8. The Balaban J connectivity index is 2.24. The predicted octanol–water partition coefficient (Wildman–Crippen LogP) is 3.71. The molecule has 1 heterocycles. The highest BCUT2D eigenvalue weighted by Gasteiger charge is 2.40. The van der Waals surface area contributed by atoms with Crippen LogP contribution in [0.1, 0.15) is 46.1 Å². The first-order chi connectivity index (χ1) is 9.82. The van der Waals surface area contributed by atoms with Crippen LogP contribution in [0.5, 0.6) is 0 Å². The number of hydrogen-bond donors (Lipinski definition) is 1. The molecule has 1 N–H and O–H groups in total. The van der Waals surface area contributed by atoms with E-state index in [2.05, 4.69) is 37.9 Å². The van der Waals surface area contributed by atoms with Crippen molar-refractivity contribution >= 4 is 0 Å². The van der Waals surface area contributed by atoms with Gasteiger partial charge < -0.3 is 5.32 Å². The Kier molecular flexibility index (Phi) is 4.69. The highest BCUT2D eigenvalue weighted by Crippen LogP contribution is 2.30. The fourth-order valence-electron chi connectivity index (χ4n) is 3.01. The zero-order valence-electron chi connectivity index (χ0n) is 13.5. The molecule has 2 rings (SSSR count). The van der Waals surface area contributed by atoms with Crippen LogP contribution in [0.25, 0.3) is 0 Å². The molecule has 0 aliphatic carbocycles. The summed E-state index contributed by atoms with van der Waals surface area (Å²) < 4.78 is 27.3. The molecule has 0 bridgehead atoms. The zero-order chi connectivity index (χ0) is 15.7. The number of halogens is 2. The second-order valence-corrected chi connectivity index (χ2v) is 6.75. The van der Waals surface area contributed by atoms with Crippen molar-refractivity contribution in [3.63, 3.8) is 0 Å². The van der Waals surface area contributed by atoms with Crippen LogP contribution in [-0.2, 0) is 6.54 Å². The van der Waals surface area contributed by atoms with Gasteiger partial charge in [-0.05, 0) is 44.9 Å². The molecule has 0 unspecified atom stereocenters. The monoisotopic (exact) mass is 296 g/mol. The van der Waals surface area contributed by atoms with E-state index in [1.165, 1.54) is 18.2 Å². The molecule has 0 radical (unpaired) electrons. The molecule has 21 heavy (non-hydrogen) atoms. The van der Waals surface area contributed by atoms with Crippen LogP contribution in [0, 0.1) is 11.6 Å². The van der Waals surface area contributed by atoms with Crippen LogP contribution in [0.15, 0.2) is 18.2 Å². The molecule has 1 saturated heterocycles. The van der Waals surface area contributed by atoms with E-state index in [4.69, 9.17) is 0 Å². The Morgan fingerprint density at radius 2 is 1.86 bits per heavy atom. The van der Waals surface area contributed by atoms with Gasteiger partial charge in [0.1, 0.15) is 11.6 Å². The SMILES string of the molecule is CCC1(CC)CN(Cc2cc(F)ccc2F)C(C)(C)CN1. The molecule has 0 saturated carbocycles. The summed E-state index contributed by atoms with van der Waals surface area (Å²) >= 11 is 0. The summed E-state index contributed by atoms with van der Waals surface area (Å²) in [6.07, 6.45) is 2.06. The van der Waals surface area contributed by atoms with E-state index >= 15 is 0 Å². The lowest BCUT2D eigenvalue weighted by Gasteiger charge is -2.52. The standard InChI is InChI=1S/C17H26F2N2/c1-5-17(6-2)12-21(16(3,4)11-20-17)10-13-9-14(18)7-8-15(13)19/h7-9,20H,5-6,10-12H2,1-4H3. The molecule has 1 aromatic rings. The smallest absolute Gasteiger partial charge is 0.127 e. The Morgan fingerprint density at radius 1 is 1.19 bits per heavy atom. The van der Waals surface area contributed by atoms with Crippen LogP contribution < -0.4 is 5.32 Å². The second kappa shape index (κ2) is 6.01. The van der Waals surface area contributed by atoms with Crippen molar-refractivity contribution in [2.45, 2.75) is 58.2 Å². The topological polar surface area (TPSA) is 15.3 Å². The van der Waals surface area contributed by atoms with Gasteiger partial charge in [-0.1, -0.05) is 13.8 Å². The lowest BCUT2D eigenvalue weighted by atomic mass is 9.84. The van der Waals surface area contributed by atoms with E-state index in [0.29, 0.717) is 12.1 Å². The number of piperazine rings is 1. The highest BCUT2D eigenvalue weighted by atomic mass is 19.1. The first kappa shape index (κ1) is 16.4. The molecule has 4 heteroatoms. The summed E-state index contributed by atoms with van der Waals surface area (Å²) in [6, 6.07) is 3.70. The van der Waals surface area contributed by atoms with E-state index in [-0.39, 0.29) is 22.7 Å². The summed E-state index contributed by atoms with van der Waals surface area (Å²) in [7, 11) is 0. The van der Waals surface area contributed by atoms with E-state index < -0.39 is 0 Å². The molecule has 1 aromatic carbocycles. The zero-order valence-corrected chi connectivity index (χ0v) is 13.5. The Labute approximate surface area is 126 Å². The average molecular weight is 296 g/mol. The molecule has 2 nitrogen and oxygen atoms in total. The molecular weight excluding hydrogens is 270 g/mol. The van der Waals surface area contributed by atoms with Gasteiger partial charge in [0, 0.05) is 36.3 Å². The van der Waals surface area contributed by atoms with Crippen molar-refractivity contribution in [2.75, 3.05) is 13.1 Å². The minimum Gasteiger partial charge on any atom is -0.308 e. The molecule has 0 spiro atoms. The van der Waals surface area contributed by atoms with Gasteiger partial charge in [-0.3, -0.25) is 4.90 Å². The van der Waals surface area contributed by atoms with Gasteiger partial charge in [0.2, 0.25) is 0 Å². The average Bonchev–Trinajstić information content (AvgIpc) is 2.45. The Bertz CT molecular complexity index is 496. The molecule has 118 valence electrons. The van der Waals surface area contributed by atoms with Gasteiger partial charge in [-0.2, -0.15) is 0 Å². The van der Waals surface area contributed by atoms with Crippen molar-refractivity contribution in [2.24, 2.45) is 0 Å². The van der Waals surface area contributed by atoms with E-state index in [1.54, 1.807) is 0 Å². The molecule has 0 atom stereocenters. The number of rotatable bonds is 4. The Hall–Kier alpha value is -1.00. The van der Waals surface area contributed by atoms with Gasteiger partial charge in [0.25, 0.3) is 0 Å². The fraction of sp³-hybridized carbons (Fsp3) is 0.647. The first-order valence-corrected chi connectivity index (χ1v) is 7.76. The Morgan fingerprint density at radius 3 is 2.48 bits per heavy atom. The number of nitrogens with zero attached hydrogens (tertiary/aromatic N) is 1. The van der Waals surface area contributed by atoms with Gasteiger partial charge in [-0.15, -0.1) is 0 Å². The van der Waals surface area contributed by atoms with Crippen molar-refractivity contribution < 1.29 is 8.78 Å². The van der Waals surface area contributed by atoms with Crippen LogP contribution in [-0.4, -0.2) is 29.1 Å². The van der Waals surface area contributed by atoms with Crippen LogP contribution >= 0.6 is 0 Å². The first-order valence-electron chi connectivity index (χ1n) is 7.76. The van der Waals surface area contributed by atoms with Crippen molar-refractivity contribution in [3.8, 4) is 0 Å². The molecule has 1 fully saturated rings. The second-order valence-electron chi connectivity index (χ2n) is 6.75. The predicted molar refractivity (Wildman–Crippen MR) is 82.2 cm³/mol. The maximum absolute atomic E-state index is 13.9. The summed E-state index contributed by atoms with van der Waals surface area (Å²) in [5.41, 5.74) is 0.428. The minimum absolute atomic E-state index is 0.0688. The van der Waals surface area contributed by atoms with Gasteiger partial charge in [-0.25, -0.2) is 8.78 Å². The van der Waals surface area contributed by atoms with Gasteiger partial charge in [0.05, 0.1) is 0 Å². The highest BCUT2D eigenvalue weighted by molar-refractivity contribution is 5.19. The van der Waals surface area contributed by atoms with E-state index in [9.17, 15) is 8.78 Å². The summed E-state index contributed by atoms with van der Waals surface area (Å²) in [5.74, 6) is -0.707. The third-order valence-corrected chi connectivity index (χ3v) is 4.97. The van der Waals surface area contributed by atoms with E-state index in [1.807, 2.05) is 0 Å². The van der Waals surface area contributed by atoms with Gasteiger partial charge >= 0.3 is 0 Å². The molecule has 0 amide bonds. The number of benzene rings is 1. The normalized spacial score (nSPS) is 21.4. The molecule has 1 aliphatic rings. The summed E-state index contributed by atoms with van der Waals surface area (Å²) in [4.78, 5) is 2.27. The minimum atomic E-state index is -0.378. The third kappa shape index (κ3) is 3.43. The maximum atomic E-state index is 13.9. The fourth-order valence-corrected chi connectivity index (χ4v) is 3.01. The molecular formula is C17H26F2N2. The summed E-state index contributed by atoms with van der Waals surface area (Å²) in [5, 5.41) is 3.65. The van der Waals surface area contributed by atoms with Crippen LogP contribution in [0.3, 0.4) is 0 Å². The molecule has 0 aromatic heterocycles. The van der Waals surface area contributed by atoms with Crippen LogP contribution in [0.4, 0.5) is 8.78 Å². The molecule has 1 aliphatic heterocycles. The lowest BCUT2D eigenvalue weighted by molar-refractivity contribution is 0.0154. The van der Waals surface area contributed by atoms with Crippen LogP contribution in [0.2, 0.25) is 0 Å². The van der Waals surface area contributed by atoms with Crippen molar-refractivity contribution in [3.05, 3.63) is 35.4 Å². The largest absolute Gasteiger partial charge is 0.308 e. The van der Waals surface area contributed by atoms with Crippen molar-refractivity contribution in [1.29, 1.82) is 0 Å². The van der Waals surface area contributed by atoms with Gasteiger partial charge in [0.15, 0.2) is 0 Å².